The van der Waals surface area contributed by atoms with Crippen LogP contribution in [0.1, 0.15) is 13.3 Å². The van der Waals surface area contributed by atoms with E-state index in [-0.39, 0.29) is 0 Å². The van der Waals surface area contributed by atoms with E-state index in [1.54, 1.807) is 0 Å². The number of methoxy groups -OCH3 is 1. The molecule has 0 fully saturated rings. The zero-order valence-corrected chi connectivity index (χ0v) is 6.60. The Morgan fingerprint density at radius 2 is 1.92 bits per heavy atom. The lowest BCUT2D eigenvalue weighted by Crippen LogP contribution is -2.40. The smallest absolute Gasteiger partial charge is 0.392 e. The maximum absolute atomic E-state index is 11.7. The van der Waals surface area contributed by atoms with Gasteiger partial charge in [-0.15, -0.1) is 0 Å². The highest BCUT2D eigenvalue weighted by atomic mass is 19.4. The zero-order chi connectivity index (χ0) is 9.99. The third-order valence-corrected chi connectivity index (χ3v) is 1.17. The highest BCUT2D eigenvalue weighted by Gasteiger charge is 2.43. The van der Waals surface area contributed by atoms with E-state index in [0.29, 0.717) is 0 Å². The number of aliphatic hydroxyl groups is 1. The van der Waals surface area contributed by atoms with Crippen LogP contribution in [0.4, 0.5) is 13.2 Å². The predicted molar refractivity (Wildman–Crippen MR) is 33.3 cm³/mol. The SMILES string of the molecule is COC(=O)C(C)(O)CC(F)(F)F. The average Bonchev–Trinajstić information content (AvgIpc) is 1.80. The molecule has 3 nitrogen and oxygen atoms in total. The van der Waals surface area contributed by atoms with E-state index in [2.05, 4.69) is 4.74 Å². The Morgan fingerprint density at radius 3 is 2.17 bits per heavy atom. The van der Waals surface area contributed by atoms with E-state index in [4.69, 9.17) is 5.11 Å². The summed E-state index contributed by atoms with van der Waals surface area (Å²) in [6.07, 6.45) is -6.19. The van der Waals surface area contributed by atoms with Gasteiger partial charge in [-0.3, -0.25) is 0 Å². The summed E-state index contributed by atoms with van der Waals surface area (Å²) in [6, 6.07) is 0. The van der Waals surface area contributed by atoms with E-state index < -0.39 is 24.2 Å². The Balaban J connectivity index is 4.32. The zero-order valence-electron chi connectivity index (χ0n) is 6.60. The molecule has 72 valence electrons. The fourth-order valence-electron chi connectivity index (χ4n) is 0.682. The average molecular weight is 186 g/mol. The molecule has 1 unspecified atom stereocenters. The van der Waals surface area contributed by atoms with Crippen molar-refractivity contribution in [3.8, 4) is 0 Å². The lowest BCUT2D eigenvalue weighted by molar-refractivity contribution is -0.193. The van der Waals surface area contributed by atoms with Gasteiger partial charge >= 0.3 is 12.1 Å². The summed E-state index contributed by atoms with van der Waals surface area (Å²) in [6.45, 7) is 0.756. The summed E-state index contributed by atoms with van der Waals surface area (Å²) >= 11 is 0. The number of carbonyl (C=O) groups is 1. The van der Waals surface area contributed by atoms with E-state index in [1.807, 2.05) is 0 Å². The minimum Gasteiger partial charge on any atom is -0.467 e. The monoisotopic (exact) mass is 186 g/mol. The minimum absolute atomic E-state index is 0.756. The normalized spacial score (nSPS) is 16.8. The summed E-state index contributed by atoms with van der Waals surface area (Å²) in [7, 11) is 0.910. The molecule has 12 heavy (non-hydrogen) atoms. The standard InChI is InChI=1S/C6H9F3O3/c1-5(11,4(10)12-2)3-6(7,8)9/h11H,3H2,1-2H3. The Morgan fingerprint density at radius 1 is 1.50 bits per heavy atom. The van der Waals surface area contributed by atoms with Crippen LogP contribution >= 0.6 is 0 Å². The molecule has 0 aromatic carbocycles. The molecule has 1 atom stereocenters. The van der Waals surface area contributed by atoms with Crippen LogP contribution in [0.3, 0.4) is 0 Å². The summed E-state index contributed by atoms with van der Waals surface area (Å²) in [5.41, 5.74) is -2.49. The molecule has 1 N–H and O–H groups in total. The molecule has 0 bridgehead atoms. The van der Waals surface area contributed by atoms with Gasteiger partial charge in [0.2, 0.25) is 0 Å². The molecule has 0 aliphatic rings. The van der Waals surface area contributed by atoms with E-state index in [1.165, 1.54) is 0 Å². The summed E-state index contributed by atoms with van der Waals surface area (Å²) in [5.74, 6) is -1.29. The summed E-state index contributed by atoms with van der Waals surface area (Å²) < 4.78 is 39.0. The van der Waals surface area contributed by atoms with Gasteiger partial charge in [0.15, 0.2) is 5.60 Å². The molecular weight excluding hydrogens is 177 g/mol. The molecule has 6 heteroatoms. The number of halogens is 3. The fourth-order valence-corrected chi connectivity index (χ4v) is 0.682. The van der Waals surface area contributed by atoms with Crippen LogP contribution in [0.5, 0.6) is 0 Å². The van der Waals surface area contributed by atoms with Crippen LogP contribution in [0.15, 0.2) is 0 Å². The van der Waals surface area contributed by atoms with Crippen molar-refractivity contribution in [1.82, 2.24) is 0 Å². The number of carbonyl (C=O) groups excluding carboxylic acids is 1. The predicted octanol–water partition coefficient (Wildman–Crippen LogP) is 0.863. The van der Waals surface area contributed by atoms with Crippen molar-refractivity contribution in [2.24, 2.45) is 0 Å². The fraction of sp³-hybridized carbons (Fsp3) is 0.833. The Bertz CT molecular complexity index is 173. The van der Waals surface area contributed by atoms with Crippen LogP contribution in [-0.2, 0) is 9.53 Å². The number of ether oxygens (including phenoxy) is 1. The third-order valence-electron chi connectivity index (χ3n) is 1.17. The second-order valence-corrected chi connectivity index (χ2v) is 2.56. The molecule has 0 saturated carbocycles. The Kier molecular flexibility index (Phi) is 3.09. The van der Waals surface area contributed by atoms with Crippen molar-refractivity contribution in [3.63, 3.8) is 0 Å². The van der Waals surface area contributed by atoms with Gasteiger partial charge in [0.25, 0.3) is 0 Å². The highest BCUT2D eigenvalue weighted by Crippen LogP contribution is 2.27. The Hall–Kier alpha value is -0.780. The number of alkyl halides is 3. The van der Waals surface area contributed by atoms with Crippen molar-refractivity contribution in [2.75, 3.05) is 7.11 Å². The second kappa shape index (κ2) is 3.30. The van der Waals surface area contributed by atoms with Gasteiger partial charge in [-0.1, -0.05) is 0 Å². The lowest BCUT2D eigenvalue weighted by atomic mass is 10.0. The third kappa shape index (κ3) is 3.56. The molecule has 0 rings (SSSR count). The second-order valence-electron chi connectivity index (χ2n) is 2.56. The van der Waals surface area contributed by atoms with Gasteiger partial charge in [0, 0.05) is 0 Å². The van der Waals surface area contributed by atoms with Gasteiger partial charge in [-0.2, -0.15) is 13.2 Å². The maximum atomic E-state index is 11.7. The number of hydrogen-bond donors (Lipinski definition) is 1. The molecule has 0 aliphatic carbocycles. The van der Waals surface area contributed by atoms with Gasteiger partial charge in [0.05, 0.1) is 13.5 Å². The first-order valence-electron chi connectivity index (χ1n) is 3.06. The quantitative estimate of drug-likeness (QED) is 0.650. The lowest BCUT2D eigenvalue weighted by Gasteiger charge is -2.21. The van der Waals surface area contributed by atoms with Crippen molar-refractivity contribution in [2.45, 2.75) is 25.1 Å². The van der Waals surface area contributed by atoms with E-state index in [0.717, 1.165) is 14.0 Å². The molecule has 0 aliphatic heterocycles. The van der Waals surface area contributed by atoms with Crippen molar-refractivity contribution >= 4 is 5.97 Å². The first-order chi connectivity index (χ1) is 5.19. The summed E-state index contributed by atoms with van der Waals surface area (Å²) in [5, 5.41) is 8.92. The minimum atomic E-state index is -4.59. The van der Waals surface area contributed by atoms with Crippen molar-refractivity contribution in [1.29, 1.82) is 0 Å². The Labute approximate surface area is 67.1 Å². The van der Waals surface area contributed by atoms with Gasteiger partial charge in [-0.25, -0.2) is 4.79 Å². The molecular formula is C6H9F3O3. The van der Waals surface area contributed by atoms with Crippen LogP contribution < -0.4 is 0 Å². The first kappa shape index (κ1) is 11.2. The largest absolute Gasteiger partial charge is 0.467 e. The van der Waals surface area contributed by atoms with Crippen molar-refractivity contribution in [3.05, 3.63) is 0 Å². The van der Waals surface area contributed by atoms with Gasteiger partial charge in [0.1, 0.15) is 0 Å². The topological polar surface area (TPSA) is 46.5 Å². The van der Waals surface area contributed by atoms with Crippen LogP contribution in [0.25, 0.3) is 0 Å². The molecule has 0 aromatic rings. The molecule has 0 saturated heterocycles. The number of hydrogen-bond acceptors (Lipinski definition) is 3. The highest BCUT2D eigenvalue weighted by molar-refractivity contribution is 5.78. The summed E-state index contributed by atoms with van der Waals surface area (Å²) in [4.78, 5) is 10.5. The van der Waals surface area contributed by atoms with E-state index >= 15 is 0 Å². The molecule has 0 radical (unpaired) electrons. The van der Waals surface area contributed by atoms with Gasteiger partial charge in [-0.05, 0) is 6.92 Å². The maximum Gasteiger partial charge on any atom is 0.392 e. The van der Waals surface area contributed by atoms with Gasteiger partial charge < -0.3 is 9.84 Å². The van der Waals surface area contributed by atoms with Crippen molar-refractivity contribution < 1.29 is 27.8 Å². The van der Waals surface area contributed by atoms with Crippen LogP contribution in [-0.4, -0.2) is 30.0 Å². The van der Waals surface area contributed by atoms with E-state index in [9.17, 15) is 18.0 Å². The number of esters is 1. The molecule has 0 amide bonds. The number of rotatable bonds is 2. The first-order valence-corrected chi connectivity index (χ1v) is 3.06. The molecule has 0 aromatic heterocycles. The van der Waals surface area contributed by atoms with Crippen LogP contribution in [0, 0.1) is 0 Å². The van der Waals surface area contributed by atoms with Crippen LogP contribution in [0.2, 0.25) is 0 Å². The molecule has 0 heterocycles. The molecule has 0 spiro atoms.